The lowest BCUT2D eigenvalue weighted by molar-refractivity contribution is -0.134. The highest BCUT2D eigenvalue weighted by Crippen LogP contribution is 2.28. The first-order valence-electron chi connectivity index (χ1n) is 9.88. The number of benzene rings is 1. The van der Waals surface area contributed by atoms with Crippen molar-refractivity contribution >= 4 is 33.4 Å². The number of hydrogen-bond donors (Lipinski definition) is 0. The van der Waals surface area contributed by atoms with E-state index in [9.17, 15) is 14.0 Å². The van der Waals surface area contributed by atoms with Crippen LogP contribution in [0.3, 0.4) is 0 Å². The molecule has 1 fully saturated rings. The first-order chi connectivity index (χ1) is 14.0. The summed E-state index contributed by atoms with van der Waals surface area (Å²) in [5.41, 5.74) is 1.43. The number of thiophene rings is 1. The quantitative estimate of drug-likeness (QED) is 0.650. The average molecular weight is 414 g/mol. The third-order valence-electron chi connectivity index (χ3n) is 5.49. The van der Waals surface area contributed by atoms with E-state index in [0.29, 0.717) is 38.3 Å². The number of carbonyl (C=O) groups is 2. The Morgan fingerprint density at radius 3 is 2.76 bits per heavy atom. The smallest absolute Gasteiger partial charge is 0.270 e. The molecule has 2 aromatic heterocycles. The topological polar surface area (TPSA) is 45.6 Å². The highest BCUT2D eigenvalue weighted by atomic mass is 32.1. The number of nitrogens with zero attached hydrogens (tertiary/aromatic N) is 3. The second-order valence-electron chi connectivity index (χ2n) is 7.47. The summed E-state index contributed by atoms with van der Waals surface area (Å²) in [6, 6.07) is 10.4. The lowest BCUT2D eigenvalue weighted by atomic mass is 10.1. The molecule has 0 spiro atoms. The molecule has 1 aromatic carbocycles. The van der Waals surface area contributed by atoms with Crippen LogP contribution in [0.1, 0.15) is 36.3 Å². The van der Waals surface area contributed by atoms with Crippen LogP contribution in [0.5, 0.6) is 0 Å². The van der Waals surface area contributed by atoms with Gasteiger partial charge in [0.1, 0.15) is 16.3 Å². The highest BCUT2D eigenvalue weighted by Gasteiger charge is 2.31. The minimum absolute atomic E-state index is 0.00658. The van der Waals surface area contributed by atoms with Crippen molar-refractivity contribution in [3.8, 4) is 0 Å². The molecule has 2 amide bonds. The van der Waals surface area contributed by atoms with Crippen LogP contribution in [0.15, 0.2) is 41.8 Å². The van der Waals surface area contributed by atoms with Gasteiger partial charge in [0.15, 0.2) is 0 Å². The predicted molar refractivity (Wildman–Crippen MR) is 113 cm³/mol. The molecular formula is C22H24FN3O2S. The van der Waals surface area contributed by atoms with Crippen LogP contribution in [0.2, 0.25) is 0 Å². The van der Waals surface area contributed by atoms with E-state index in [1.807, 2.05) is 51.8 Å². The van der Waals surface area contributed by atoms with E-state index in [-0.39, 0.29) is 23.7 Å². The maximum absolute atomic E-state index is 13.7. The molecular weight excluding hydrogens is 389 g/mol. The normalized spacial score (nSPS) is 17.1. The van der Waals surface area contributed by atoms with Gasteiger partial charge >= 0.3 is 0 Å². The van der Waals surface area contributed by atoms with Crippen molar-refractivity contribution in [2.75, 3.05) is 19.6 Å². The largest absolute Gasteiger partial charge is 0.336 e. The Balaban J connectivity index is 1.61. The van der Waals surface area contributed by atoms with Crippen LogP contribution in [0, 0.1) is 5.82 Å². The standard InChI is InChI=1S/C22H24FN3O2S/c1-3-20(27)25-9-8-24(13-15(25)2)21(28)19-12-17-7-10-29-22(17)26(19)14-16-5-4-6-18(23)11-16/h4-7,10-12,15H,3,8-9,13-14H2,1-2H3/t15-/m1/s1. The van der Waals surface area contributed by atoms with Gasteiger partial charge in [-0.2, -0.15) is 0 Å². The minimum atomic E-state index is -0.282. The summed E-state index contributed by atoms with van der Waals surface area (Å²) in [6.45, 7) is 5.87. The first-order valence-corrected chi connectivity index (χ1v) is 10.8. The summed E-state index contributed by atoms with van der Waals surface area (Å²) in [5.74, 6) is -0.199. The Morgan fingerprint density at radius 2 is 2.03 bits per heavy atom. The molecule has 152 valence electrons. The van der Waals surface area contributed by atoms with E-state index in [2.05, 4.69) is 0 Å². The molecule has 1 atom stereocenters. The van der Waals surface area contributed by atoms with E-state index >= 15 is 0 Å². The molecule has 0 radical (unpaired) electrons. The number of hydrogen-bond acceptors (Lipinski definition) is 3. The fourth-order valence-corrected chi connectivity index (χ4v) is 4.90. The second-order valence-corrected chi connectivity index (χ2v) is 8.36. The fourth-order valence-electron chi connectivity index (χ4n) is 4.00. The van der Waals surface area contributed by atoms with Gasteiger partial charge in [-0.05, 0) is 42.1 Å². The van der Waals surface area contributed by atoms with Gasteiger partial charge in [-0.15, -0.1) is 11.3 Å². The zero-order valence-electron chi connectivity index (χ0n) is 16.6. The Labute approximate surface area is 173 Å². The van der Waals surface area contributed by atoms with Gasteiger partial charge in [0.25, 0.3) is 5.91 Å². The Kier molecular flexibility index (Phi) is 5.41. The van der Waals surface area contributed by atoms with E-state index < -0.39 is 0 Å². The summed E-state index contributed by atoms with van der Waals surface area (Å²) in [5, 5.41) is 3.01. The molecule has 29 heavy (non-hydrogen) atoms. The Bertz CT molecular complexity index is 1060. The molecule has 0 saturated carbocycles. The number of piperazine rings is 1. The molecule has 1 aliphatic rings. The molecule has 4 rings (SSSR count). The van der Waals surface area contributed by atoms with Crippen molar-refractivity contribution in [3.05, 3.63) is 58.9 Å². The van der Waals surface area contributed by atoms with Crippen molar-refractivity contribution in [2.45, 2.75) is 32.9 Å². The SMILES string of the molecule is CCC(=O)N1CCN(C(=O)c2cc3ccsc3n2Cc2cccc(F)c2)C[C@H]1C. The zero-order chi connectivity index (χ0) is 20.5. The molecule has 1 aliphatic heterocycles. The third-order valence-corrected chi connectivity index (χ3v) is 6.44. The van der Waals surface area contributed by atoms with Crippen molar-refractivity contribution in [3.63, 3.8) is 0 Å². The molecule has 5 nitrogen and oxygen atoms in total. The Morgan fingerprint density at radius 1 is 1.21 bits per heavy atom. The number of rotatable bonds is 4. The first kappa shape index (κ1) is 19.6. The van der Waals surface area contributed by atoms with Gasteiger partial charge in [0.05, 0.1) is 0 Å². The van der Waals surface area contributed by atoms with Crippen LogP contribution in [-0.2, 0) is 11.3 Å². The maximum Gasteiger partial charge on any atom is 0.270 e. The van der Waals surface area contributed by atoms with Crippen LogP contribution >= 0.6 is 11.3 Å². The average Bonchev–Trinajstić information content (AvgIpc) is 3.29. The van der Waals surface area contributed by atoms with Gasteiger partial charge in [0, 0.05) is 44.0 Å². The van der Waals surface area contributed by atoms with Gasteiger partial charge in [-0.1, -0.05) is 19.1 Å². The minimum Gasteiger partial charge on any atom is -0.336 e. The summed E-state index contributed by atoms with van der Waals surface area (Å²) in [6.07, 6.45) is 0.477. The molecule has 0 bridgehead atoms. The number of amides is 2. The van der Waals surface area contributed by atoms with E-state index in [0.717, 1.165) is 15.8 Å². The predicted octanol–water partition coefficient (Wildman–Crippen LogP) is 3.97. The molecule has 0 N–H and O–H groups in total. The summed E-state index contributed by atoms with van der Waals surface area (Å²) >= 11 is 1.58. The van der Waals surface area contributed by atoms with Crippen LogP contribution in [-0.4, -0.2) is 51.9 Å². The van der Waals surface area contributed by atoms with Gasteiger partial charge < -0.3 is 14.4 Å². The third kappa shape index (κ3) is 3.79. The van der Waals surface area contributed by atoms with Gasteiger partial charge in [0.2, 0.25) is 5.91 Å². The van der Waals surface area contributed by atoms with Crippen molar-refractivity contribution < 1.29 is 14.0 Å². The zero-order valence-corrected chi connectivity index (χ0v) is 17.4. The molecule has 1 saturated heterocycles. The van der Waals surface area contributed by atoms with E-state index in [4.69, 9.17) is 0 Å². The lowest BCUT2D eigenvalue weighted by Crippen LogP contribution is -2.55. The molecule has 3 aromatic rings. The second kappa shape index (κ2) is 7.99. The monoisotopic (exact) mass is 413 g/mol. The van der Waals surface area contributed by atoms with Crippen molar-refractivity contribution in [1.29, 1.82) is 0 Å². The van der Waals surface area contributed by atoms with E-state index in [1.165, 1.54) is 12.1 Å². The van der Waals surface area contributed by atoms with Crippen LogP contribution in [0.25, 0.3) is 10.2 Å². The number of fused-ring (bicyclic) bond motifs is 1. The van der Waals surface area contributed by atoms with Crippen LogP contribution < -0.4 is 0 Å². The highest BCUT2D eigenvalue weighted by molar-refractivity contribution is 7.16. The van der Waals surface area contributed by atoms with Gasteiger partial charge in [-0.25, -0.2) is 4.39 Å². The van der Waals surface area contributed by atoms with E-state index in [1.54, 1.807) is 17.4 Å². The van der Waals surface area contributed by atoms with Crippen molar-refractivity contribution in [1.82, 2.24) is 14.4 Å². The number of aromatic nitrogens is 1. The number of halogens is 1. The Hall–Kier alpha value is -2.67. The summed E-state index contributed by atoms with van der Waals surface area (Å²) < 4.78 is 15.6. The van der Waals surface area contributed by atoms with Gasteiger partial charge in [-0.3, -0.25) is 9.59 Å². The molecule has 0 aliphatic carbocycles. The fraction of sp³-hybridized carbons (Fsp3) is 0.364. The number of carbonyl (C=O) groups excluding carboxylic acids is 2. The summed E-state index contributed by atoms with van der Waals surface area (Å²) in [7, 11) is 0. The van der Waals surface area contributed by atoms with Crippen molar-refractivity contribution in [2.24, 2.45) is 0 Å². The summed E-state index contributed by atoms with van der Waals surface area (Å²) in [4.78, 5) is 30.1. The maximum atomic E-state index is 13.7. The van der Waals surface area contributed by atoms with Crippen LogP contribution in [0.4, 0.5) is 4.39 Å². The molecule has 0 unspecified atom stereocenters. The molecule has 3 heterocycles. The molecule has 7 heteroatoms. The lowest BCUT2D eigenvalue weighted by Gasteiger charge is -2.40.